The molecular weight excluding hydrogens is 203 g/mol. The van der Waals surface area contributed by atoms with Gasteiger partial charge in [-0.15, -0.1) is 0 Å². The van der Waals surface area contributed by atoms with Crippen molar-refractivity contribution in [3.05, 3.63) is 35.4 Å². The summed E-state index contributed by atoms with van der Waals surface area (Å²) < 4.78 is 11.8. The summed E-state index contributed by atoms with van der Waals surface area (Å²) in [5.41, 5.74) is 2.60. The quantitative estimate of drug-likeness (QED) is 0.668. The van der Waals surface area contributed by atoms with E-state index in [0.29, 0.717) is 0 Å². The lowest BCUT2D eigenvalue weighted by Gasteiger charge is -2.16. The maximum Gasteiger partial charge on any atom is 0.0887 e. The molecule has 0 aromatic heterocycles. The Labute approximate surface area is 94.3 Å². The van der Waals surface area contributed by atoms with E-state index >= 15 is 0 Å². The summed E-state index contributed by atoms with van der Waals surface area (Å²) in [6.07, 6.45) is 0. The number of rotatable bonds is 2. The zero-order valence-corrected chi connectivity index (χ0v) is 11.6. The molecule has 0 amide bonds. The van der Waals surface area contributed by atoms with Crippen molar-refractivity contribution in [1.29, 1.82) is 0 Å². The standard InChI is InChI=1S/C11H17OP.C2H6/c1-9-5-7-11(8-6-9)10(2)13(3,4)12;1-2/h5-8,10H,1-4H3;1-2H3. The fourth-order valence-electron chi connectivity index (χ4n) is 1.20. The molecule has 1 atom stereocenters. The Bertz CT molecular complexity index is 321. The van der Waals surface area contributed by atoms with Crippen LogP contribution in [0, 0.1) is 6.92 Å². The Hall–Kier alpha value is -0.550. The normalized spacial score (nSPS) is 12.7. The summed E-state index contributed by atoms with van der Waals surface area (Å²) >= 11 is 0. The number of hydrogen-bond donors (Lipinski definition) is 0. The third-order valence-electron chi connectivity index (χ3n) is 2.49. The summed E-state index contributed by atoms with van der Waals surface area (Å²) in [6.45, 7) is 11.8. The highest BCUT2D eigenvalue weighted by molar-refractivity contribution is 7.62. The lowest BCUT2D eigenvalue weighted by Crippen LogP contribution is -1.93. The third kappa shape index (κ3) is 4.66. The second-order valence-corrected chi connectivity index (χ2v) is 7.66. The van der Waals surface area contributed by atoms with Crippen LogP contribution in [0.2, 0.25) is 0 Å². The van der Waals surface area contributed by atoms with E-state index < -0.39 is 7.14 Å². The minimum Gasteiger partial charge on any atom is -0.324 e. The van der Waals surface area contributed by atoms with Crippen LogP contribution < -0.4 is 0 Å². The fraction of sp³-hybridized carbons (Fsp3) is 0.538. The molecule has 0 radical (unpaired) electrons. The van der Waals surface area contributed by atoms with Crippen LogP contribution in [0.25, 0.3) is 0 Å². The molecule has 1 nitrogen and oxygen atoms in total. The molecule has 0 spiro atoms. The Morgan fingerprint density at radius 1 is 1.07 bits per heavy atom. The SMILES string of the molecule is CC.Cc1ccc(C(C)P(C)(C)=O)cc1. The first kappa shape index (κ1) is 14.5. The van der Waals surface area contributed by atoms with E-state index in [2.05, 4.69) is 31.2 Å². The van der Waals surface area contributed by atoms with Gasteiger partial charge in [0.1, 0.15) is 0 Å². The van der Waals surface area contributed by atoms with Gasteiger partial charge in [0.2, 0.25) is 0 Å². The molecule has 86 valence electrons. The fourth-order valence-corrected chi connectivity index (χ4v) is 2.09. The van der Waals surface area contributed by atoms with Gasteiger partial charge in [-0.25, -0.2) is 0 Å². The van der Waals surface area contributed by atoms with Gasteiger partial charge in [-0.3, -0.25) is 0 Å². The van der Waals surface area contributed by atoms with Gasteiger partial charge in [-0.05, 0) is 25.8 Å². The van der Waals surface area contributed by atoms with Crippen LogP contribution in [0.15, 0.2) is 24.3 Å². The third-order valence-corrected chi connectivity index (χ3v) is 4.66. The van der Waals surface area contributed by atoms with Gasteiger partial charge in [-0.1, -0.05) is 50.6 Å². The summed E-state index contributed by atoms with van der Waals surface area (Å²) in [5, 5.41) is 0. The molecule has 0 bridgehead atoms. The molecule has 0 saturated carbocycles. The van der Waals surface area contributed by atoms with Crippen molar-refractivity contribution >= 4 is 7.14 Å². The highest BCUT2D eigenvalue weighted by Gasteiger charge is 2.19. The van der Waals surface area contributed by atoms with Gasteiger partial charge in [0.25, 0.3) is 0 Å². The van der Waals surface area contributed by atoms with Gasteiger partial charge < -0.3 is 4.57 Å². The minimum atomic E-state index is -1.99. The Kier molecular flexibility index (Phi) is 5.90. The second-order valence-electron chi connectivity index (χ2n) is 4.02. The largest absolute Gasteiger partial charge is 0.324 e. The average Bonchev–Trinajstić information content (AvgIpc) is 2.20. The van der Waals surface area contributed by atoms with E-state index in [4.69, 9.17) is 0 Å². The van der Waals surface area contributed by atoms with Gasteiger partial charge in [0, 0.05) is 5.66 Å². The summed E-state index contributed by atoms with van der Waals surface area (Å²) in [6, 6.07) is 8.28. The van der Waals surface area contributed by atoms with E-state index in [1.165, 1.54) is 11.1 Å². The second kappa shape index (κ2) is 6.12. The average molecular weight is 226 g/mol. The first-order valence-electron chi connectivity index (χ1n) is 5.52. The zero-order valence-electron chi connectivity index (χ0n) is 10.7. The van der Waals surface area contributed by atoms with Crippen LogP contribution >= 0.6 is 7.14 Å². The molecule has 15 heavy (non-hydrogen) atoms. The molecule has 0 heterocycles. The maximum absolute atomic E-state index is 11.8. The van der Waals surface area contributed by atoms with Crippen molar-refractivity contribution in [2.75, 3.05) is 13.3 Å². The zero-order chi connectivity index (χ0) is 12.1. The van der Waals surface area contributed by atoms with Crippen LogP contribution in [0.3, 0.4) is 0 Å². The number of hydrogen-bond acceptors (Lipinski definition) is 1. The Balaban J connectivity index is 0.000000921. The summed E-state index contributed by atoms with van der Waals surface area (Å²) in [5.74, 6) is 0. The van der Waals surface area contributed by atoms with E-state index in [9.17, 15) is 4.57 Å². The van der Waals surface area contributed by atoms with Gasteiger partial charge in [-0.2, -0.15) is 0 Å². The van der Waals surface area contributed by atoms with Crippen LogP contribution in [0.1, 0.15) is 37.6 Å². The highest BCUT2D eigenvalue weighted by Crippen LogP contribution is 2.52. The van der Waals surface area contributed by atoms with E-state index in [1.54, 1.807) is 0 Å². The smallest absolute Gasteiger partial charge is 0.0887 e. The molecule has 0 aliphatic carbocycles. The summed E-state index contributed by atoms with van der Waals surface area (Å²) in [4.78, 5) is 0. The van der Waals surface area contributed by atoms with E-state index in [1.807, 2.05) is 34.1 Å². The summed E-state index contributed by atoms with van der Waals surface area (Å²) in [7, 11) is -1.99. The molecule has 1 unspecified atom stereocenters. The van der Waals surface area contributed by atoms with Gasteiger partial charge >= 0.3 is 0 Å². The van der Waals surface area contributed by atoms with Crippen molar-refractivity contribution in [2.24, 2.45) is 0 Å². The van der Waals surface area contributed by atoms with Gasteiger partial charge in [0.05, 0.1) is 7.14 Å². The lowest BCUT2D eigenvalue weighted by atomic mass is 10.1. The van der Waals surface area contributed by atoms with Crippen molar-refractivity contribution < 1.29 is 4.57 Å². The van der Waals surface area contributed by atoms with Crippen LogP contribution in [-0.4, -0.2) is 13.3 Å². The topological polar surface area (TPSA) is 17.1 Å². The molecule has 2 heteroatoms. The van der Waals surface area contributed by atoms with Crippen molar-refractivity contribution in [3.8, 4) is 0 Å². The maximum atomic E-state index is 11.8. The molecule has 1 aromatic carbocycles. The Morgan fingerprint density at radius 3 is 1.80 bits per heavy atom. The number of aryl methyl sites for hydroxylation is 1. The highest BCUT2D eigenvalue weighted by atomic mass is 31.2. The van der Waals surface area contributed by atoms with Crippen molar-refractivity contribution in [1.82, 2.24) is 0 Å². The van der Waals surface area contributed by atoms with Crippen LogP contribution in [0.4, 0.5) is 0 Å². The minimum absolute atomic E-state index is 0.174. The molecule has 0 fully saturated rings. The molecule has 0 N–H and O–H groups in total. The predicted octanol–water partition coefficient (Wildman–Crippen LogP) is 4.70. The monoisotopic (exact) mass is 226 g/mol. The van der Waals surface area contributed by atoms with E-state index in [0.717, 1.165) is 0 Å². The first-order chi connectivity index (χ1) is 6.91. The molecule has 1 aromatic rings. The first-order valence-corrected chi connectivity index (χ1v) is 8.19. The van der Waals surface area contributed by atoms with Crippen molar-refractivity contribution in [2.45, 2.75) is 33.4 Å². The van der Waals surface area contributed by atoms with Crippen LogP contribution in [0.5, 0.6) is 0 Å². The number of benzene rings is 1. The van der Waals surface area contributed by atoms with Gasteiger partial charge in [0.15, 0.2) is 0 Å². The van der Waals surface area contributed by atoms with Crippen molar-refractivity contribution in [3.63, 3.8) is 0 Å². The molecular formula is C13H23OP. The molecule has 0 saturated heterocycles. The predicted molar refractivity (Wildman–Crippen MR) is 70.4 cm³/mol. The molecule has 0 aliphatic rings. The van der Waals surface area contributed by atoms with Crippen LogP contribution in [-0.2, 0) is 4.57 Å². The molecule has 0 aliphatic heterocycles. The van der Waals surface area contributed by atoms with E-state index in [-0.39, 0.29) is 5.66 Å². The lowest BCUT2D eigenvalue weighted by molar-refractivity contribution is 0.576. The Morgan fingerprint density at radius 2 is 1.47 bits per heavy atom. The molecule has 1 rings (SSSR count).